The summed E-state index contributed by atoms with van der Waals surface area (Å²) in [5.41, 5.74) is 9.99. The quantitative estimate of drug-likeness (QED) is 0.362. The summed E-state index contributed by atoms with van der Waals surface area (Å²) in [6.45, 7) is 0. The fourth-order valence-electron chi connectivity index (χ4n) is 5.47. The lowest BCUT2D eigenvalue weighted by atomic mass is 9.75. The predicted molar refractivity (Wildman–Crippen MR) is 131 cm³/mol. The molecule has 8 nitrogen and oxygen atoms in total. The molecular weight excluding hydrogens is 462 g/mol. The van der Waals surface area contributed by atoms with Crippen LogP contribution in [0.5, 0.6) is 0 Å². The number of non-ortho nitro benzene ring substituents is 1. The minimum Gasteiger partial charge on any atom is -0.384 e. The third-order valence-electron chi connectivity index (χ3n) is 7.05. The van der Waals surface area contributed by atoms with Crippen molar-refractivity contribution in [2.45, 2.75) is 57.3 Å². The van der Waals surface area contributed by atoms with Gasteiger partial charge in [-0.05, 0) is 49.7 Å². The maximum Gasteiger partial charge on any atom is 0.269 e. The van der Waals surface area contributed by atoms with E-state index in [0.29, 0.717) is 46.7 Å². The van der Waals surface area contributed by atoms with Crippen molar-refractivity contribution in [1.29, 1.82) is 10.5 Å². The SMILES string of the molecule is N#CC1=C(N)N(c2sc3c(c2C#N)CCCCC3)C2=C(C(=O)CCC2)[C@@H]1c1cccc([N+](=O)[O-])c1. The van der Waals surface area contributed by atoms with Crippen LogP contribution >= 0.6 is 11.3 Å². The Morgan fingerprint density at radius 3 is 2.63 bits per heavy atom. The molecule has 0 amide bonds. The number of nitro groups is 1. The Bertz CT molecular complexity index is 1400. The van der Waals surface area contributed by atoms with Gasteiger partial charge in [-0.3, -0.25) is 19.8 Å². The van der Waals surface area contributed by atoms with Crippen molar-refractivity contribution in [3.63, 3.8) is 0 Å². The van der Waals surface area contributed by atoms with E-state index in [1.54, 1.807) is 17.0 Å². The van der Waals surface area contributed by atoms with Crippen LogP contribution < -0.4 is 10.6 Å². The molecule has 1 aromatic carbocycles. The second-order valence-electron chi connectivity index (χ2n) is 9.02. The molecule has 0 radical (unpaired) electrons. The topological polar surface area (TPSA) is 137 Å². The molecule has 0 spiro atoms. The highest BCUT2D eigenvalue weighted by Crippen LogP contribution is 2.50. The maximum absolute atomic E-state index is 13.3. The smallest absolute Gasteiger partial charge is 0.269 e. The summed E-state index contributed by atoms with van der Waals surface area (Å²) in [6.07, 6.45) is 6.49. The number of thiophene rings is 1. The van der Waals surface area contributed by atoms with Crippen LogP contribution in [0.25, 0.3) is 0 Å². The van der Waals surface area contributed by atoms with Gasteiger partial charge in [0.15, 0.2) is 5.78 Å². The monoisotopic (exact) mass is 485 g/mol. The van der Waals surface area contributed by atoms with E-state index in [1.165, 1.54) is 28.3 Å². The Morgan fingerprint density at radius 2 is 1.89 bits per heavy atom. The Balaban J connectivity index is 1.74. The number of rotatable bonds is 3. The van der Waals surface area contributed by atoms with Crippen molar-refractivity contribution in [2.24, 2.45) is 5.73 Å². The van der Waals surface area contributed by atoms with Crippen LogP contribution in [-0.2, 0) is 17.6 Å². The lowest BCUT2D eigenvalue weighted by Gasteiger charge is -2.39. The fourth-order valence-corrected chi connectivity index (χ4v) is 6.85. The van der Waals surface area contributed by atoms with Crippen molar-refractivity contribution in [2.75, 3.05) is 4.90 Å². The molecule has 1 aliphatic heterocycles. The Kier molecular flexibility index (Phi) is 5.88. The maximum atomic E-state index is 13.3. The summed E-state index contributed by atoms with van der Waals surface area (Å²) in [7, 11) is 0. The molecule has 0 fully saturated rings. The first-order valence-corrected chi connectivity index (χ1v) is 12.5. The molecule has 35 heavy (non-hydrogen) atoms. The molecular formula is C26H23N5O3S. The van der Waals surface area contributed by atoms with Crippen molar-refractivity contribution >= 4 is 27.8 Å². The highest BCUT2D eigenvalue weighted by molar-refractivity contribution is 7.16. The second kappa shape index (κ2) is 9.01. The number of carbonyl (C=O) groups is 1. The van der Waals surface area contributed by atoms with Crippen LogP contribution in [0.1, 0.15) is 66.0 Å². The number of benzene rings is 1. The average Bonchev–Trinajstić information content (AvgIpc) is 3.03. The average molecular weight is 486 g/mol. The Hall–Kier alpha value is -3.95. The number of allylic oxidation sites excluding steroid dienone is 3. The number of carbonyl (C=O) groups excluding carboxylic acids is 1. The van der Waals surface area contributed by atoms with E-state index in [0.717, 1.165) is 37.7 Å². The number of anilines is 1. The molecule has 176 valence electrons. The summed E-state index contributed by atoms with van der Waals surface area (Å²) in [6, 6.07) is 10.6. The fraction of sp³-hybridized carbons (Fsp3) is 0.346. The second-order valence-corrected chi connectivity index (χ2v) is 10.1. The van der Waals surface area contributed by atoms with Crippen LogP contribution in [0.4, 0.5) is 10.7 Å². The first kappa shape index (κ1) is 22.8. The number of ketones is 1. The van der Waals surface area contributed by atoms with E-state index in [-0.39, 0.29) is 22.9 Å². The molecule has 3 aliphatic rings. The number of fused-ring (bicyclic) bond motifs is 1. The first-order valence-electron chi connectivity index (χ1n) is 11.7. The number of nitrogens with two attached hydrogens (primary N) is 1. The van der Waals surface area contributed by atoms with Crippen LogP contribution in [0.2, 0.25) is 0 Å². The number of aryl methyl sites for hydroxylation is 1. The Morgan fingerprint density at radius 1 is 1.09 bits per heavy atom. The van der Waals surface area contributed by atoms with Gasteiger partial charge in [0.2, 0.25) is 0 Å². The number of Topliss-reactive ketones (excluding diaryl/α,β-unsaturated/α-hetero) is 1. The zero-order chi connectivity index (χ0) is 24.7. The van der Waals surface area contributed by atoms with E-state index in [1.807, 2.05) is 0 Å². The third kappa shape index (κ3) is 3.69. The lowest BCUT2D eigenvalue weighted by Crippen LogP contribution is -2.38. The summed E-state index contributed by atoms with van der Waals surface area (Å²) in [4.78, 5) is 27.2. The predicted octanol–water partition coefficient (Wildman–Crippen LogP) is 5.10. The number of nitrogens with zero attached hydrogens (tertiary/aromatic N) is 4. The molecule has 1 aromatic heterocycles. The normalized spacial score (nSPS) is 20.0. The zero-order valence-corrected chi connectivity index (χ0v) is 19.9. The van der Waals surface area contributed by atoms with Crippen LogP contribution in [0, 0.1) is 32.8 Å². The summed E-state index contributed by atoms with van der Waals surface area (Å²) in [5.74, 6) is -0.683. The van der Waals surface area contributed by atoms with Gasteiger partial charge in [0.1, 0.15) is 16.9 Å². The summed E-state index contributed by atoms with van der Waals surface area (Å²) in [5, 5.41) is 32.4. The highest BCUT2D eigenvalue weighted by atomic mass is 32.1. The van der Waals surface area contributed by atoms with Gasteiger partial charge in [0, 0.05) is 34.7 Å². The third-order valence-corrected chi connectivity index (χ3v) is 8.32. The number of hydrogen-bond acceptors (Lipinski definition) is 8. The molecule has 0 unspecified atom stereocenters. The number of nitriles is 2. The first-order chi connectivity index (χ1) is 17.0. The van der Waals surface area contributed by atoms with Gasteiger partial charge in [-0.25, -0.2) is 0 Å². The van der Waals surface area contributed by atoms with E-state index in [2.05, 4.69) is 12.1 Å². The summed E-state index contributed by atoms with van der Waals surface area (Å²) >= 11 is 1.53. The van der Waals surface area contributed by atoms with Crippen molar-refractivity contribution in [3.05, 3.63) is 78.6 Å². The molecule has 2 aliphatic carbocycles. The van der Waals surface area contributed by atoms with Gasteiger partial charge in [0.25, 0.3) is 5.69 Å². The minimum absolute atomic E-state index is 0.0929. The molecule has 0 saturated heterocycles. The van der Waals surface area contributed by atoms with E-state index in [9.17, 15) is 25.4 Å². The van der Waals surface area contributed by atoms with Crippen molar-refractivity contribution < 1.29 is 9.72 Å². The Labute approximate surface area is 206 Å². The van der Waals surface area contributed by atoms with Gasteiger partial charge in [-0.2, -0.15) is 10.5 Å². The van der Waals surface area contributed by atoms with E-state index < -0.39 is 10.8 Å². The largest absolute Gasteiger partial charge is 0.384 e. The summed E-state index contributed by atoms with van der Waals surface area (Å²) < 4.78 is 0. The molecule has 2 heterocycles. The minimum atomic E-state index is -0.776. The lowest BCUT2D eigenvalue weighted by molar-refractivity contribution is -0.384. The standard InChI is InChI=1S/C26H23N5O3S/c27-13-18-17-8-2-1-3-11-22(17)35-26(18)30-20-9-5-10-21(32)24(20)23(19(14-28)25(30)29)15-6-4-7-16(12-15)31(33)34/h4,6-7,12,23H,1-3,5,8-11,29H2/t23-/m1/s1. The number of hydrogen-bond donors (Lipinski definition) is 1. The highest BCUT2D eigenvalue weighted by Gasteiger charge is 2.42. The molecule has 2 aromatic rings. The van der Waals surface area contributed by atoms with Gasteiger partial charge < -0.3 is 5.73 Å². The number of nitro benzene ring substituents is 1. The van der Waals surface area contributed by atoms with Gasteiger partial charge in [-0.1, -0.05) is 18.6 Å². The van der Waals surface area contributed by atoms with Crippen molar-refractivity contribution in [1.82, 2.24) is 0 Å². The van der Waals surface area contributed by atoms with Gasteiger partial charge in [-0.15, -0.1) is 11.3 Å². The molecule has 5 rings (SSSR count). The van der Waals surface area contributed by atoms with Crippen molar-refractivity contribution in [3.8, 4) is 12.1 Å². The van der Waals surface area contributed by atoms with Crippen LogP contribution in [0.3, 0.4) is 0 Å². The molecule has 1 atom stereocenters. The molecule has 0 bridgehead atoms. The molecule has 9 heteroatoms. The van der Waals surface area contributed by atoms with Gasteiger partial charge in [0.05, 0.1) is 28.0 Å². The van der Waals surface area contributed by atoms with Gasteiger partial charge >= 0.3 is 0 Å². The van der Waals surface area contributed by atoms with E-state index >= 15 is 0 Å². The van der Waals surface area contributed by atoms with Crippen LogP contribution in [0.15, 0.2) is 46.9 Å². The molecule has 2 N–H and O–H groups in total. The van der Waals surface area contributed by atoms with Crippen LogP contribution in [-0.4, -0.2) is 10.7 Å². The van der Waals surface area contributed by atoms with E-state index in [4.69, 9.17) is 5.73 Å². The molecule has 0 saturated carbocycles. The zero-order valence-electron chi connectivity index (χ0n) is 19.0.